The summed E-state index contributed by atoms with van der Waals surface area (Å²) in [4.78, 5) is 27.9. The minimum Gasteiger partial charge on any atom is -0.494 e. The predicted molar refractivity (Wildman–Crippen MR) is 85.7 cm³/mol. The molecule has 1 heterocycles. The second-order valence-electron chi connectivity index (χ2n) is 5.08. The Morgan fingerprint density at radius 2 is 1.92 bits per heavy atom. The van der Waals surface area contributed by atoms with Crippen LogP contribution in [0.5, 0.6) is 5.75 Å². The second kappa shape index (κ2) is 8.32. The first kappa shape index (κ1) is 18.5. The van der Waals surface area contributed by atoms with E-state index in [9.17, 15) is 19.1 Å². The summed E-state index contributed by atoms with van der Waals surface area (Å²) in [6.07, 6.45) is 1.14. The van der Waals surface area contributed by atoms with Gasteiger partial charge in [-0.2, -0.15) is 0 Å². The van der Waals surface area contributed by atoms with Gasteiger partial charge in [-0.15, -0.1) is 0 Å². The molecular weight excluding hydrogens is 331 g/mol. The number of ether oxygens (including phenoxy) is 1. The molecule has 0 bridgehead atoms. The summed E-state index contributed by atoms with van der Waals surface area (Å²) >= 11 is 0. The van der Waals surface area contributed by atoms with Gasteiger partial charge in [0.15, 0.2) is 11.4 Å². The average molecular weight is 348 g/mol. The Labute approximate surface area is 143 Å². The molecule has 0 unspecified atom stereocenters. The number of aliphatic hydroxyl groups is 2. The highest BCUT2D eigenvalue weighted by molar-refractivity contribution is 6.01. The van der Waals surface area contributed by atoms with Gasteiger partial charge in [0.1, 0.15) is 12.4 Å². The normalized spacial score (nSPS) is 10.4. The zero-order valence-electron chi connectivity index (χ0n) is 13.5. The summed E-state index contributed by atoms with van der Waals surface area (Å²) < 4.78 is 18.0. The standard InChI is InChI=1S/C17H17FN2O5/c1-25-16-13(8-21)12(7-19-15(16)14(23)9-22)17(24)20-6-10-2-4-11(18)5-3-10/h2-5,7,21-22H,6,8-9H2,1H3,(H,20,24). The highest BCUT2D eigenvalue weighted by Gasteiger charge is 2.22. The van der Waals surface area contributed by atoms with Gasteiger partial charge in [0.2, 0.25) is 5.78 Å². The molecule has 25 heavy (non-hydrogen) atoms. The maximum absolute atomic E-state index is 12.9. The highest BCUT2D eigenvalue weighted by atomic mass is 19.1. The Bertz CT molecular complexity index is 777. The molecule has 2 aromatic rings. The zero-order valence-corrected chi connectivity index (χ0v) is 13.5. The molecular formula is C17H17FN2O5. The summed E-state index contributed by atoms with van der Waals surface area (Å²) in [6, 6.07) is 5.62. The third-order valence-electron chi connectivity index (χ3n) is 3.52. The lowest BCUT2D eigenvalue weighted by molar-refractivity contribution is 0.0891. The Balaban J connectivity index is 2.26. The lowest BCUT2D eigenvalue weighted by atomic mass is 10.1. The molecule has 0 saturated carbocycles. The number of rotatable bonds is 7. The quantitative estimate of drug-likeness (QED) is 0.640. The van der Waals surface area contributed by atoms with E-state index in [0.29, 0.717) is 5.56 Å². The van der Waals surface area contributed by atoms with Crippen LogP contribution in [0.1, 0.15) is 32.0 Å². The third kappa shape index (κ3) is 4.17. The fourth-order valence-electron chi connectivity index (χ4n) is 2.26. The zero-order chi connectivity index (χ0) is 18.4. The minimum atomic E-state index is -0.773. The first-order chi connectivity index (χ1) is 12.0. The summed E-state index contributed by atoms with van der Waals surface area (Å²) in [5, 5.41) is 21.2. The lowest BCUT2D eigenvalue weighted by Gasteiger charge is -2.14. The average Bonchev–Trinajstić information content (AvgIpc) is 2.65. The van der Waals surface area contributed by atoms with Crippen molar-refractivity contribution in [2.45, 2.75) is 13.2 Å². The van der Waals surface area contributed by atoms with E-state index >= 15 is 0 Å². The maximum Gasteiger partial charge on any atom is 0.253 e. The highest BCUT2D eigenvalue weighted by Crippen LogP contribution is 2.26. The van der Waals surface area contributed by atoms with Crippen molar-refractivity contribution in [3.63, 3.8) is 0 Å². The van der Waals surface area contributed by atoms with Crippen molar-refractivity contribution in [3.05, 3.63) is 58.7 Å². The van der Waals surface area contributed by atoms with Gasteiger partial charge in [-0.3, -0.25) is 9.59 Å². The first-order valence-corrected chi connectivity index (χ1v) is 7.35. The van der Waals surface area contributed by atoms with Crippen LogP contribution in [0.15, 0.2) is 30.5 Å². The monoisotopic (exact) mass is 348 g/mol. The van der Waals surface area contributed by atoms with Gasteiger partial charge in [-0.05, 0) is 17.7 Å². The maximum atomic E-state index is 12.9. The Hall–Kier alpha value is -2.84. The number of methoxy groups -OCH3 is 1. The number of hydrogen-bond donors (Lipinski definition) is 3. The van der Waals surface area contributed by atoms with Crippen LogP contribution in [0, 0.1) is 5.82 Å². The molecule has 7 nitrogen and oxygen atoms in total. The topological polar surface area (TPSA) is 109 Å². The molecule has 0 aliphatic heterocycles. The van der Waals surface area contributed by atoms with E-state index in [1.165, 1.54) is 31.4 Å². The van der Waals surface area contributed by atoms with E-state index < -0.39 is 24.9 Å². The van der Waals surface area contributed by atoms with Crippen LogP contribution in [0.3, 0.4) is 0 Å². The number of amides is 1. The first-order valence-electron chi connectivity index (χ1n) is 7.35. The molecule has 3 N–H and O–H groups in total. The number of ketones is 1. The van der Waals surface area contributed by atoms with Gasteiger partial charge in [-0.25, -0.2) is 9.37 Å². The predicted octanol–water partition coefficient (Wildman–Crippen LogP) is 0.827. The van der Waals surface area contributed by atoms with Gasteiger partial charge in [-0.1, -0.05) is 12.1 Å². The van der Waals surface area contributed by atoms with Crippen LogP contribution in [0.2, 0.25) is 0 Å². The van der Waals surface area contributed by atoms with Crippen molar-refractivity contribution in [1.82, 2.24) is 10.3 Å². The van der Waals surface area contributed by atoms with E-state index in [0.717, 1.165) is 6.20 Å². The number of carbonyl (C=O) groups is 2. The Kier molecular flexibility index (Phi) is 6.15. The number of aromatic nitrogens is 1. The van der Waals surface area contributed by atoms with Crippen molar-refractivity contribution in [1.29, 1.82) is 0 Å². The molecule has 0 aliphatic rings. The van der Waals surface area contributed by atoms with Crippen molar-refractivity contribution >= 4 is 11.7 Å². The fraction of sp³-hybridized carbons (Fsp3) is 0.235. The number of nitrogens with one attached hydrogen (secondary N) is 1. The number of nitrogens with zero attached hydrogens (tertiary/aromatic N) is 1. The van der Waals surface area contributed by atoms with Gasteiger partial charge in [0.05, 0.1) is 19.3 Å². The van der Waals surface area contributed by atoms with Crippen molar-refractivity contribution in [2.75, 3.05) is 13.7 Å². The number of benzene rings is 1. The van der Waals surface area contributed by atoms with Crippen molar-refractivity contribution < 1.29 is 28.9 Å². The van der Waals surface area contributed by atoms with E-state index in [4.69, 9.17) is 9.84 Å². The molecule has 1 aromatic heterocycles. The van der Waals surface area contributed by atoms with Crippen molar-refractivity contribution in [3.8, 4) is 5.75 Å². The summed E-state index contributed by atoms with van der Waals surface area (Å²) in [5.74, 6) is -1.67. The van der Waals surface area contributed by atoms with Crippen LogP contribution in [-0.2, 0) is 13.2 Å². The molecule has 2 rings (SSSR count). The molecule has 0 atom stereocenters. The third-order valence-corrected chi connectivity index (χ3v) is 3.52. The van der Waals surface area contributed by atoms with Gasteiger partial charge >= 0.3 is 0 Å². The second-order valence-corrected chi connectivity index (χ2v) is 5.08. The van der Waals surface area contributed by atoms with Gasteiger partial charge < -0.3 is 20.3 Å². The molecule has 0 aliphatic carbocycles. The van der Waals surface area contributed by atoms with Gasteiger partial charge in [0, 0.05) is 18.3 Å². The Morgan fingerprint density at radius 3 is 2.48 bits per heavy atom. The summed E-state index contributed by atoms with van der Waals surface area (Å²) in [6.45, 7) is -1.19. The SMILES string of the molecule is COc1c(C(=O)CO)ncc(C(=O)NCc2ccc(F)cc2)c1CO. The van der Waals surface area contributed by atoms with Crippen LogP contribution < -0.4 is 10.1 Å². The van der Waals surface area contributed by atoms with E-state index in [1.807, 2.05) is 0 Å². The molecule has 8 heteroatoms. The van der Waals surface area contributed by atoms with E-state index in [-0.39, 0.29) is 34.9 Å². The lowest BCUT2D eigenvalue weighted by Crippen LogP contribution is -2.25. The summed E-state index contributed by atoms with van der Waals surface area (Å²) in [7, 11) is 1.27. The Morgan fingerprint density at radius 1 is 1.24 bits per heavy atom. The fourth-order valence-corrected chi connectivity index (χ4v) is 2.26. The number of pyridine rings is 1. The smallest absolute Gasteiger partial charge is 0.253 e. The molecule has 0 spiro atoms. The molecule has 0 saturated heterocycles. The molecule has 0 fully saturated rings. The van der Waals surface area contributed by atoms with Crippen LogP contribution >= 0.6 is 0 Å². The molecule has 1 aromatic carbocycles. The molecule has 132 valence electrons. The largest absolute Gasteiger partial charge is 0.494 e. The number of halogens is 1. The molecule has 0 radical (unpaired) electrons. The molecule has 1 amide bonds. The number of aliphatic hydroxyl groups excluding tert-OH is 2. The number of Topliss-reactive ketones (excluding diaryl/α,β-unsaturated/α-hetero) is 1. The number of hydrogen-bond acceptors (Lipinski definition) is 6. The number of carbonyl (C=O) groups excluding carboxylic acids is 2. The summed E-state index contributed by atoms with van der Waals surface area (Å²) in [5.41, 5.74) is 0.651. The van der Waals surface area contributed by atoms with Crippen molar-refractivity contribution in [2.24, 2.45) is 0 Å². The van der Waals surface area contributed by atoms with E-state index in [2.05, 4.69) is 10.3 Å². The van der Waals surface area contributed by atoms with Crippen LogP contribution in [0.4, 0.5) is 4.39 Å². The van der Waals surface area contributed by atoms with Gasteiger partial charge in [0.25, 0.3) is 5.91 Å². The van der Waals surface area contributed by atoms with Crippen LogP contribution in [0.25, 0.3) is 0 Å². The van der Waals surface area contributed by atoms with Crippen LogP contribution in [-0.4, -0.2) is 40.6 Å². The van der Waals surface area contributed by atoms with E-state index in [1.54, 1.807) is 0 Å². The minimum absolute atomic E-state index is 0.0379.